The van der Waals surface area contributed by atoms with Crippen LogP contribution in [0.2, 0.25) is 0 Å². The number of hydrogen-bond acceptors (Lipinski definition) is 3. The van der Waals surface area contributed by atoms with Crippen molar-refractivity contribution in [1.82, 2.24) is 0 Å². The predicted molar refractivity (Wildman–Crippen MR) is 68.4 cm³/mol. The average Bonchev–Trinajstić information content (AvgIpc) is 2.33. The Kier molecular flexibility index (Phi) is 3.34. The number of nitrogens with zero attached hydrogens (tertiary/aromatic N) is 2. The lowest BCUT2D eigenvalue weighted by Crippen LogP contribution is -2.42. The van der Waals surface area contributed by atoms with Gasteiger partial charge < -0.3 is 14.5 Å². The molecule has 1 aliphatic heterocycles. The van der Waals surface area contributed by atoms with Crippen molar-refractivity contribution in [1.29, 1.82) is 0 Å². The molecule has 2 rings (SSSR count). The van der Waals surface area contributed by atoms with E-state index in [2.05, 4.69) is 48.0 Å². The number of benzene rings is 1. The second-order valence-corrected chi connectivity index (χ2v) is 4.40. The number of anilines is 2. The zero-order chi connectivity index (χ0) is 11.5. The van der Waals surface area contributed by atoms with Crippen LogP contribution in [0.15, 0.2) is 24.3 Å². The van der Waals surface area contributed by atoms with Gasteiger partial charge in [0, 0.05) is 33.8 Å². The molecule has 1 atom stereocenters. The Morgan fingerprint density at radius 3 is 2.62 bits per heavy atom. The van der Waals surface area contributed by atoms with E-state index in [-0.39, 0.29) is 6.10 Å². The third kappa shape index (κ3) is 2.14. The Morgan fingerprint density at radius 2 is 1.94 bits per heavy atom. The Bertz CT molecular complexity index is 354. The quantitative estimate of drug-likeness (QED) is 0.774. The van der Waals surface area contributed by atoms with Gasteiger partial charge in [0.15, 0.2) is 0 Å². The van der Waals surface area contributed by atoms with Gasteiger partial charge in [-0.2, -0.15) is 0 Å². The van der Waals surface area contributed by atoms with Gasteiger partial charge in [-0.25, -0.2) is 0 Å². The summed E-state index contributed by atoms with van der Waals surface area (Å²) >= 11 is 0. The van der Waals surface area contributed by atoms with E-state index in [1.54, 1.807) is 7.11 Å². The fourth-order valence-electron chi connectivity index (χ4n) is 2.14. The van der Waals surface area contributed by atoms with E-state index in [1.807, 2.05) is 0 Å². The molecule has 3 heteroatoms. The minimum Gasteiger partial charge on any atom is -0.380 e. The van der Waals surface area contributed by atoms with Gasteiger partial charge in [-0.15, -0.1) is 0 Å². The molecule has 1 aromatic carbocycles. The summed E-state index contributed by atoms with van der Waals surface area (Å²) in [6.45, 7) is 5.22. The van der Waals surface area contributed by atoms with Gasteiger partial charge in [-0.1, -0.05) is 12.1 Å². The number of likely N-dealkylation sites (N-methyl/N-ethyl adjacent to an activating group) is 1. The average molecular weight is 220 g/mol. The molecule has 0 aromatic heterocycles. The maximum atomic E-state index is 5.34. The number of ether oxygens (including phenoxy) is 1. The lowest BCUT2D eigenvalue weighted by molar-refractivity contribution is 0.123. The monoisotopic (exact) mass is 220 g/mol. The normalized spacial score (nSPS) is 17.2. The van der Waals surface area contributed by atoms with Gasteiger partial charge in [0.1, 0.15) is 0 Å². The van der Waals surface area contributed by atoms with E-state index in [1.165, 1.54) is 11.4 Å². The molecule has 0 radical (unpaired) electrons. The van der Waals surface area contributed by atoms with Gasteiger partial charge in [-0.05, 0) is 19.1 Å². The lowest BCUT2D eigenvalue weighted by atomic mass is 10.1. The molecule has 1 aliphatic rings. The maximum absolute atomic E-state index is 5.34. The molecule has 16 heavy (non-hydrogen) atoms. The summed E-state index contributed by atoms with van der Waals surface area (Å²) in [4.78, 5) is 4.72. The van der Waals surface area contributed by atoms with Crippen molar-refractivity contribution >= 4 is 11.4 Å². The van der Waals surface area contributed by atoms with Gasteiger partial charge in [0.05, 0.1) is 17.5 Å². The van der Waals surface area contributed by atoms with Crippen LogP contribution in [-0.2, 0) is 4.74 Å². The molecule has 0 N–H and O–H groups in total. The smallest absolute Gasteiger partial charge is 0.0718 e. The molecule has 1 heterocycles. The number of para-hydroxylation sites is 2. The second kappa shape index (κ2) is 4.74. The standard InChI is InChI=1S/C13H20N2O/c1-11(16-3)10-15-9-8-14(2)12-6-4-5-7-13(12)15/h4-7,11H,8-10H2,1-3H3/t11-/m0/s1. The van der Waals surface area contributed by atoms with Crippen molar-refractivity contribution in [3.63, 3.8) is 0 Å². The van der Waals surface area contributed by atoms with Crippen LogP contribution in [0.25, 0.3) is 0 Å². The third-order valence-corrected chi connectivity index (χ3v) is 3.22. The van der Waals surface area contributed by atoms with Crippen molar-refractivity contribution in [2.24, 2.45) is 0 Å². The molecular weight excluding hydrogens is 200 g/mol. The van der Waals surface area contributed by atoms with Gasteiger partial charge in [0.2, 0.25) is 0 Å². The molecule has 0 saturated heterocycles. The molecule has 1 aromatic rings. The molecule has 0 bridgehead atoms. The summed E-state index contributed by atoms with van der Waals surface area (Å²) in [5.41, 5.74) is 2.64. The fourth-order valence-corrected chi connectivity index (χ4v) is 2.14. The van der Waals surface area contributed by atoms with E-state index in [0.717, 1.165) is 19.6 Å². The Morgan fingerprint density at radius 1 is 1.25 bits per heavy atom. The summed E-state index contributed by atoms with van der Waals surface area (Å²) < 4.78 is 5.34. The van der Waals surface area contributed by atoms with Gasteiger partial charge in [0.25, 0.3) is 0 Å². The van der Waals surface area contributed by atoms with Gasteiger partial charge in [-0.3, -0.25) is 0 Å². The molecule has 0 aliphatic carbocycles. The highest BCUT2D eigenvalue weighted by Gasteiger charge is 2.20. The van der Waals surface area contributed by atoms with Crippen molar-refractivity contribution in [2.45, 2.75) is 13.0 Å². The first-order valence-corrected chi connectivity index (χ1v) is 5.80. The van der Waals surface area contributed by atoms with Crippen LogP contribution >= 0.6 is 0 Å². The first-order valence-electron chi connectivity index (χ1n) is 5.80. The maximum Gasteiger partial charge on any atom is 0.0718 e. The number of methoxy groups -OCH3 is 1. The van der Waals surface area contributed by atoms with Crippen molar-refractivity contribution in [3.05, 3.63) is 24.3 Å². The number of rotatable bonds is 3. The lowest BCUT2D eigenvalue weighted by Gasteiger charge is -2.38. The molecule has 0 spiro atoms. The van der Waals surface area contributed by atoms with Crippen LogP contribution in [0.5, 0.6) is 0 Å². The zero-order valence-electron chi connectivity index (χ0n) is 10.3. The zero-order valence-corrected chi connectivity index (χ0v) is 10.3. The van der Waals surface area contributed by atoms with E-state index in [9.17, 15) is 0 Å². The van der Waals surface area contributed by atoms with Crippen LogP contribution < -0.4 is 9.80 Å². The van der Waals surface area contributed by atoms with Crippen molar-refractivity contribution < 1.29 is 4.74 Å². The minimum atomic E-state index is 0.275. The van der Waals surface area contributed by atoms with Crippen LogP contribution in [0.1, 0.15) is 6.92 Å². The summed E-state index contributed by atoms with van der Waals surface area (Å²) in [6.07, 6.45) is 0.275. The van der Waals surface area contributed by atoms with E-state index >= 15 is 0 Å². The summed E-state index contributed by atoms with van der Waals surface area (Å²) in [7, 11) is 3.92. The largest absolute Gasteiger partial charge is 0.380 e. The molecule has 0 saturated carbocycles. The van der Waals surface area contributed by atoms with Gasteiger partial charge >= 0.3 is 0 Å². The first kappa shape index (κ1) is 11.3. The Balaban J connectivity index is 2.21. The highest BCUT2D eigenvalue weighted by Crippen LogP contribution is 2.31. The predicted octanol–water partition coefficient (Wildman–Crippen LogP) is 1.98. The highest BCUT2D eigenvalue weighted by atomic mass is 16.5. The topological polar surface area (TPSA) is 15.7 Å². The van der Waals surface area contributed by atoms with Crippen molar-refractivity contribution in [3.8, 4) is 0 Å². The Labute approximate surface area is 97.6 Å². The molecular formula is C13H20N2O. The van der Waals surface area contributed by atoms with E-state index < -0.39 is 0 Å². The SMILES string of the molecule is CO[C@@H](C)CN1CCN(C)c2ccccc21. The molecule has 3 nitrogen and oxygen atoms in total. The van der Waals surface area contributed by atoms with Crippen molar-refractivity contribution in [2.75, 3.05) is 43.6 Å². The highest BCUT2D eigenvalue weighted by molar-refractivity contribution is 5.73. The molecule has 0 amide bonds. The second-order valence-electron chi connectivity index (χ2n) is 4.40. The summed E-state index contributed by atoms with van der Waals surface area (Å²) in [5.74, 6) is 0. The summed E-state index contributed by atoms with van der Waals surface area (Å²) in [6, 6.07) is 8.56. The number of fused-ring (bicyclic) bond motifs is 1. The third-order valence-electron chi connectivity index (χ3n) is 3.22. The molecule has 0 unspecified atom stereocenters. The van der Waals surface area contributed by atoms with Crippen LogP contribution in [0.3, 0.4) is 0 Å². The fraction of sp³-hybridized carbons (Fsp3) is 0.538. The first-order chi connectivity index (χ1) is 7.72. The van der Waals surface area contributed by atoms with Crippen LogP contribution in [-0.4, -0.2) is 39.9 Å². The minimum absolute atomic E-state index is 0.275. The Hall–Kier alpha value is -1.22. The molecule has 88 valence electrons. The van der Waals surface area contributed by atoms with E-state index in [0.29, 0.717) is 0 Å². The molecule has 0 fully saturated rings. The number of hydrogen-bond donors (Lipinski definition) is 0. The summed E-state index contributed by atoms with van der Waals surface area (Å²) in [5, 5.41) is 0. The van der Waals surface area contributed by atoms with Crippen LogP contribution in [0, 0.1) is 0 Å². The van der Waals surface area contributed by atoms with E-state index in [4.69, 9.17) is 4.74 Å². The van der Waals surface area contributed by atoms with Crippen LogP contribution in [0.4, 0.5) is 11.4 Å².